The third kappa shape index (κ3) is 5.83. The molecule has 0 radical (unpaired) electrons. The van der Waals surface area contributed by atoms with Gasteiger partial charge in [0.25, 0.3) is 0 Å². The Bertz CT molecular complexity index is 963. The van der Waals surface area contributed by atoms with Crippen LogP contribution in [0.4, 0.5) is 10.2 Å². The largest absolute Gasteiger partial charge is 0.369 e. The molecule has 29 heavy (non-hydrogen) atoms. The Kier molecular flexibility index (Phi) is 7.70. The maximum atomic E-state index is 12.9. The van der Waals surface area contributed by atoms with E-state index < -0.39 is 0 Å². The van der Waals surface area contributed by atoms with Crippen LogP contribution in [-0.2, 0) is 11.3 Å². The number of hydrogen-bond donors (Lipinski definition) is 2. The predicted octanol–water partition coefficient (Wildman–Crippen LogP) is 3.42. The number of rotatable bonds is 10. The third-order valence-electron chi connectivity index (χ3n) is 4.03. The van der Waals surface area contributed by atoms with Crippen molar-refractivity contribution in [2.24, 2.45) is 0 Å². The zero-order valence-corrected chi connectivity index (χ0v) is 17.9. The van der Waals surface area contributed by atoms with E-state index in [0.29, 0.717) is 18.2 Å². The normalized spacial score (nSPS) is 11.0. The Morgan fingerprint density at radius 1 is 1.21 bits per heavy atom. The number of nitrogens with one attached hydrogen (secondary N) is 2. The van der Waals surface area contributed by atoms with Crippen LogP contribution in [0.5, 0.6) is 0 Å². The summed E-state index contributed by atoms with van der Waals surface area (Å²) in [5.74, 6) is 0.689. The van der Waals surface area contributed by atoms with Gasteiger partial charge >= 0.3 is 0 Å². The molecule has 1 aromatic carbocycles. The molecule has 0 saturated carbocycles. The molecule has 0 aliphatic carbocycles. The number of amides is 1. The Morgan fingerprint density at radius 2 is 2.00 bits per heavy atom. The number of benzene rings is 1. The molecule has 0 aliphatic rings. The molecule has 2 heterocycles. The van der Waals surface area contributed by atoms with Gasteiger partial charge in [0, 0.05) is 18.0 Å². The number of carbonyl (C=O) groups excluding carboxylic acids is 1. The first-order valence-corrected chi connectivity index (χ1v) is 11.5. The molecule has 0 bridgehead atoms. The first kappa shape index (κ1) is 21.4. The molecule has 3 rings (SSSR count). The maximum absolute atomic E-state index is 12.9. The summed E-state index contributed by atoms with van der Waals surface area (Å²) in [7, 11) is 0. The minimum atomic E-state index is -0.285. The van der Waals surface area contributed by atoms with Crippen LogP contribution in [0.2, 0.25) is 0 Å². The third-order valence-corrected chi connectivity index (χ3v) is 5.59. The van der Waals surface area contributed by atoms with Gasteiger partial charge in [-0.15, -0.1) is 11.8 Å². The van der Waals surface area contributed by atoms with Gasteiger partial charge in [-0.1, -0.05) is 18.7 Å². The van der Waals surface area contributed by atoms with Gasteiger partial charge in [-0.2, -0.15) is 5.10 Å². The van der Waals surface area contributed by atoms with Gasteiger partial charge in [0.15, 0.2) is 10.8 Å². The second kappa shape index (κ2) is 10.4. The zero-order chi connectivity index (χ0) is 20.6. The highest BCUT2D eigenvalue weighted by Crippen LogP contribution is 2.23. The quantitative estimate of drug-likeness (QED) is 0.374. The number of anilines is 1. The van der Waals surface area contributed by atoms with Gasteiger partial charge in [0.1, 0.15) is 11.6 Å². The monoisotopic (exact) mass is 434 g/mol. The summed E-state index contributed by atoms with van der Waals surface area (Å²) >= 11 is 2.85. The van der Waals surface area contributed by atoms with Gasteiger partial charge in [0.2, 0.25) is 5.91 Å². The number of aromatic nitrogens is 4. The standard InChI is InChI=1S/C19H23FN6OS2/c1-3-8-22-17-15-11-23-26(18(15)25-19(24-17)28-2)10-9-21-16(27)12-29-14-6-4-13(20)5-7-14/h4-7,11H,3,8-10,12H2,1-2H3,(H,21,27)(H,22,24,25). The van der Waals surface area contributed by atoms with Gasteiger partial charge < -0.3 is 10.6 Å². The highest BCUT2D eigenvalue weighted by atomic mass is 32.2. The summed E-state index contributed by atoms with van der Waals surface area (Å²) in [6, 6.07) is 6.10. The molecule has 7 nitrogen and oxygen atoms in total. The lowest BCUT2D eigenvalue weighted by atomic mass is 10.3. The van der Waals surface area contributed by atoms with Gasteiger partial charge in [0.05, 0.1) is 23.9 Å². The van der Waals surface area contributed by atoms with E-state index in [0.717, 1.165) is 34.7 Å². The summed E-state index contributed by atoms with van der Waals surface area (Å²) in [5, 5.41) is 12.2. The van der Waals surface area contributed by atoms with E-state index in [1.807, 2.05) is 6.26 Å². The van der Waals surface area contributed by atoms with E-state index in [9.17, 15) is 9.18 Å². The fourth-order valence-electron chi connectivity index (χ4n) is 2.60. The van der Waals surface area contributed by atoms with Crippen molar-refractivity contribution in [1.82, 2.24) is 25.1 Å². The van der Waals surface area contributed by atoms with Crippen molar-refractivity contribution in [1.29, 1.82) is 0 Å². The van der Waals surface area contributed by atoms with E-state index in [1.54, 1.807) is 23.0 Å². The molecule has 0 fully saturated rings. The van der Waals surface area contributed by atoms with Crippen LogP contribution in [0.1, 0.15) is 13.3 Å². The lowest BCUT2D eigenvalue weighted by Gasteiger charge is -2.09. The number of fused-ring (bicyclic) bond motifs is 1. The molecule has 3 aromatic rings. The molecule has 2 N–H and O–H groups in total. The van der Waals surface area contributed by atoms with Gasteiger partial charge in [-0.05, 0) is 36.9 Å². The smallest absolute Gasteiger partial charge is 0.230 e. The second-order valence-electron chi connectivity index (χ2n) is 6.18. The average Bonchev–Trinajstić information content (AvgIpc) is 3.14. The van der Waals surface area contributed by atoms with E-state index >= 15 is 0 Å². The van der Waals surface area contributed by atoms with Crippen molar-refractivity contribution >= 4 is 46.3 Å². The number of hydrogen-bond acceptors (Lipinski definition) is 7. The topological polar surface area (TPSA) is 84.7 Å². The van der Waals surface area contributed by atoms with Crippen LogP contribution >= 0.6 is 23.5 Å². The number of carbonyl (C=O) groups is 1. The Balaban J connectivity index is 1.57. The minimum Gasteiger partial charge on any atom is -0.369 e. The highest BCUT2D eigenvalue weighted by molar-refractivity contribution is 8.00. The molecule has 0 spiro atoms. The van der Waals surface area contributed by atoms with E-state index in [1.165, 1.54) is 35.7 Å². The average molecular weight is 435 g/mol. The van der Waals surface area contributed by atoms with Crippen LogP contribution in [0.15, 0.2) is 40.5 Å². The fraction of sp³-hybridized carbons (Fsp3) is 0.368. The summed E-state index contributed by atoms with van der Waals surface area (Å²) in [4.78, 5) is 22.0. The van der Waals surface area contributed by atoms with Crippen LogP contribution in [0.3, 0.4) is 0 Å². The molecule has 0 aliphatic heterocycles. The second-order valence-corrected chi connectivity index (χ2v) is 8.01. The van der Waals surface area contributed by atoms with Crippen molar-refractivity contribution in [3.8, 4) is 0 Å². The molecule has 0 atom stereocenters. The summed E-state index contributed by atoms with van der Waals surface area (Å²) in [6.45, 7) is 3.87. The van der Waals surface area contributed by atoms with Crippen LogP contribution < -0.4 is 10.6 Å². The van der Waals surface area contributed by atoms with Crippen molar-refractivity contribution in [3.63, 3.8) is 0 Å². The number of halogens is 1. The summed E-state index contributed by atoms with van der Waals surface area (Å²) < 4.78 is 14.7. The Labute approximate surface area is 177 Å². The predicted molar refractivity (Wildman–Crippen MR) is 116 cm³/mol. The molecular formula is C19H23FN6OS2. The molecule has 1 amide bonds. The summed E-state index contributed by atoms with van der Waals surface area (Å²) in [5.41, 5.74) is 0.748. The van der Waals surface area contributed by atoms with Crippen LogP contribution in [0.25, 0.3) is 11.0 Å². The van der Waals surface area contributed by atoms with E-state index in [-0.39, 0.29) is 17.5 Å². The maximum Gasteiger partial charge on any atom is 0.230 e. The first-order valence-electron chi connectivity index (χ1n) is 9.27. The molecular weight excluding hydrogens is 411 g/mol. The van der Waals surface area contributed by atoms with Crippen molar-refractivity contribution < 1.29 is 9.18 Å². The fourth-order valence-corrected chi connectivity index (χ4v) is 3.69. The minimum absolute atomic E-state index is 0.0829. The lowest BCUT2D eigenvalue weighted by molar-refractivity contribution is -0.118. The molecule has 154 valence electrons. The highest BCUT2D eigenvalue weighted by Gasteiger charge is 2.13. The van der Waals surface area contributed by atoms with Crippen LogP contribution in [-0.4, -0.2) is 50.8 Å². The Hall–Kier alpha value is -2.33. The van der Waals surface area contributed by atoms with E-state index in [4.69, 9.17) is 0 Å². The van der Waals surface area contributed by atoms with Crippen molar-refractivity contribution in [2.45, 2.75) is 29.9 Å². The van der Waals surface area contributed by atoms with Crippen molar-refractivity contribution in [3.05, 3.63) is 36.3 Å². The lowest BCUT2D eigenvalue weighted by Crippen LogP contribution is -2.29. The number of thioether (sulfide) groups is 2. The van der Waals surface area contributed by atoms with Gasteiger partial charge in [-0.3, -0.25) is 4.79 Å². The Morgan fingerprint density at radius 3 is 2.72 bits per heavy atom. The van der Waals surface area contributed by atoms with Gasteiger partial charge in [-0.25, -0.2) is 19.0 Å². The number of nitrogens with zero attached hydrogens (tertiary/aromatic N) is 4. The van der Waals surface area contributed by atoms with Crippen LogP contribution in [0, 0.1) is 5.82 Å². The molecule has 2 aromatic heterocycles. The molecule has 0 unspecified atom stereocenters. The van der Waals surface area contributed by atoms with E-state index in [2.05, 4.69) is 32.6 Å². The van der Waals surface area contributed by atoms with Crippen molar-refractivity contribution in [2.75, 3.05) is 30.4 Å². The SMILES string of the molecule is CCCNc1nc(SC)nc2c1cnn2CCNC(=O)CSc1ccc(F)cc1. The molecule has 10 heteroatoms. The first-order chi connectivity index (χ1) is 14.1. The summed E-state index contributed by atoms with van der Waals surface area (Å²) in [6.07, 6.45) is 4.68. The molecule has 0 saturated heterocycles. The zero-order valence-electron chi connectivity index (χ0n) is 16.3.